The van der Waals surface area contributed by atoms with Crippen molar-refractivity contribution in [1.29, 1.82) is 0 Å². The van der Waals surface area contributed by atoms with Crippen molar-refractivity contribution >= 4 is 15.9 Å². The van der Waals surface area contributed by atoms with Crippen LogP contribution in [0.3, 0.4) is 0 Å². The number of carbonyl (C=O) groups is 1. The van der Waals surface area contributed by atoms with E-state index in [9.17, 15) is 13.2 Å². The zero-order chi connectivity index (χ0) is 21.7. The normalized spacial score (nSPS) is 19.8. The Morgan fingerprint density at radius 2 is 1.83 bits per heavy atom. The summed E-state index contributed by atoms with van der Waals surface area (Å²) < 4.78 is 44.2. The predicted molar refractivity (Wildman–Crippen MR) is 111 cm³/mol. The highest BCUT2D eigenvalue weighted by atomic mass is 32.2. The molecular weight excluding hydrogens is 408 g/mol. The molecule has 1 aliphatic heterocycles. The Labute approximate surface area is 177 Å². The number of rotatable bonds is 8. The highest BCUT2D eigenvalue weighted by molar-refractivity contribution is 7.89. The topological polar surface area (TPSA) is 89.3 Å². The number of morpholine rings is 1. The van der Waals surface area contributed by atoms with Crippen LogP contribution in [0.4, 0.5) is 0 Å². The fourth-order valence-corrected chi connectivity index (χ4v) is 4.81. The van der Waals surface area contributed by atoms with E-state index in [2.05, 4.69) is 0 Å². The highest BCUT2D eigenvalue weighted by Gasteiger charge is 2.32. The first-order valence-electron chi connectivity index (χ1n) is 9.98. The monoisotopic (exact) mass is 436 g/mol. The van der Waals surface area contributed by atoms with Crippen LogP contribution in [0.5, 0.6) is 5.75 Å². The van der Waals surface area contributed by atoms with Crippen molar-refractivity contribution in [3.05, 3.63) is 48.4 Å². The quantitative estimate of drug-likeness (QED) is 0.632. The molecule has 0 aliphatic carbocycles. The van der Waals surface area contributed by atoms with Gasteiger partial charge in [0.1, 0.15) is 11.5 Å². The fourth-order valence-electron chi connectivity index (χ4n) is 3.46. The smallest absolute Gasteiger partial charge is 0.243 e. The number of amides is 1. The summed E-state index contributed by atoms with van der Waals surface area (Å²) in [6.07, 6.45) is 1.28. The highest BCUT2D eigenvalue weighted by Crippen LogP contribution is 2.22. The van der Waals surface area contributed by atoms with Crippen molar-refractivity contribution < 1.29 is 27.1 Å². The first-order valence-corrected chi connectivity index (χ1v) is 11.4. The number of benzene rings is 1. The summed E-state index contributed by atoms with van der Waals surface area (Å²) in [4.78, 5) is 14.7. The van der Waals surface area contributed by atoms with E-state index in [0.29, 0.717) is 31.2 Å². The molecule has 30 heavy (non-hydrogen) atoms. The lowest BCUT2D eigenvalue weighted by Crippen LogP contribution is -2.51. The number of ether oxygens (including phenoxy) is 2. The molecule has 2 atom stereocenters. The van der Waals surface area contributed by atoms with E-state index < -0.39 is 10.0 Å². The van der Waals surface area contributed by atoms with Crippen LogP contribution < -0.4 is 4.74 Å². The van der Waals surface area contributed by atoms with Crippen LogP contribution in [0.25, 0.3) is 0 Å². The maximum Gasteiger partial charge on any atom is 0.243 e. The molecule has 0 spiro atoms. The molecule has 2 heterocycles. The maximum atomic E-state index is 13.3. The number of furan rings is 1. The van der Waals surface area contributed by atoms with Gasteiger partial charge in [-0.05, 0) is 57.2 Å². The third-order valence-corrected chi connectivity index (χ3v) is 6.57. The van der Waals surface area contributed by atoms with E-state index in [0.717, 1.165) is 4.31 Å². The molecular formula is C21H28N2O6S. The average molecular weight is 437 g/mol. The van der Waals surface area contributed by atoms with Crippen LogP contribution in [0.15, 0.2) is 52.0 Å². The fraction of sp³-hybridized carbons (Fsp3) is 0.476. The second-order valence-corrected chi connectivity index (χ2v) is 9.25. The van der Waals surface area contributed by atoms with Gasteiger partial charge in [0.2, 0.25) is 15.9 Å². The van der Waals surface area contributed by atoms with Gasteiger partial charge in [0.25, 0.3) is 0 Å². The summed E-state index contributed by atoms with van der Waals surface area (Å²) in [6.45, 7) is 6.68. The second kappa shape index (κ2) is 9.63. The number of nitrogens with zero attached hydrogens (tertiary/aromatic N) is 2. The Hall–Kier alpha value is -2.36. The Balaban J connectivity index is 1.83. The van der Waals surface area contributed by atoms with Crippen molar-refractivity contribution in [3.63, 3.8) is 0 Å². The van der Waals surface area contributed by atoms with E-state index >= 15 is 0 Å². The van der Waals surface area contributed by atoms with Gasteiger partial charge in [0, 0.05) is 13.1 Å². The largest absolute Gasteiger partial charge is 0.494 e. The van der Waals surface area contributed by atoms with Gasteiger partial charge < -0.3 is 18.8 Å². The molecule has 164 valence electrons. The Bertz CT molecular complexity index is 917. The molecule has 0 bridgehead atoms. The predicted octanol–water partition coefficient (Wildman–Crippen LogP) is 2.50. The lowest BCUT2D eigenvalue weighted by atomic mass is 10.2. The lowest BCUT2D eigenvalue weighted by Gasteiger charge is -2.36. The SMILES string of the molecule is CCOc1ccc(S(=O)(=O)N(CC(=O)N2CC(C)OC(C)C2)Cc2ccco2)cc1. The minimum absolute atomic E-state index is 0.0380. The summed E-state index contributed by atoms with van der Waals surface area (Å²) in [6, 6.07) is 9.55. The van der Waals surface area contributed by atoms with Gasteiger partial charge in [-0.15, -0.1) is 0 Å². The van der Waals surface area contributed by atoms with Gasteiger partial charge in [-0.2, -0.15) is 4.31 Å². The summed E-state index contributed by atoms with van der Waals surface area (Å²) in [7, 11) is -3.93. The molecule has 2 aromatic rings. The van der Waals surface area contributed by atoms with E-state index in [4.69, 9.17) is 13.9 Å². The standard InChI is InChI=1S/C21H28N2O6S/c1-4-27-18-7-9-20(10-8-18)30(25,26)23(14-19-6-5-11-28-19)15-21(24)22-12-16(2)29-17(3)13-22/h5-11,16-17H,4,12-15H2,1-3H3. The minimum atomic E-state index is -3.93. The molecule has 0 radical (unpaired) electrons. The van der Waals surface area contributed by atoms with Crippen LogP contribution in [-0.4, -0.2) is 62.0 Å². The maximum absolute atomic E-state index is 13.3. The van der Waals surface area contributed by atoms with Crippen LogP contribution in [-0.2, 0) is 26.1 Å². The third kappa shape index (κ3) is 5.41. The first kappa shape index (κ1) is 22.3. The molecule has 8 nitrogen and oxygen atoms in total. The van der Waals surface area contributed by atoms with Gasteiger partial charge >= 0.3 is 0 Å². The van der Waals surface area contributed by atoms with Crippen molar-refractivity contribution in [2.24, 2.45) is 0 Å². The van der Waals surface area contributed by atoms with Gasteiger partial charge in [-0.25, -0.2) is 8.42 Å². The summed E-state index contributed by atoms with van der Waals surface area (Å²) in [5.74, 6) is 0.778. The lowest BCUT2D eigenvalue weighted by molar-refractivity contribution is -0.143. The molecule has 1 fully saturated rings. The van der Waals surface area contributed by atoms with E-state index in [1.165, 1.54) is 18.4 Å². The van der Waals surface area contributed by atoms with Gasteiger partial charge in [0.05, 0.1) is 43.1 Å². The van der Waals surface area contributed by atoms with Gasteiger partial charge in [0.15, 0.2) is 0 Å². The molecule has 1 aliphatic rings. The van der Waals surface area contributed by atoms with E-state index in [1.54, 1.807) is 29.2 Å². The Morgan fingerprint density at radius 3 is 2.40 bits per heavy atom. The molecule has 0 saturated carbocycles. The zero-order valence-electron chi connectivity index (χ0n) is 17.5. The molecule has 1 saturated heterocycles. The molecule has 9 heteroatoms. The number of hydrogen-bond acceptors (Lipinski definition) is 6. The van der Waals surface area contributed by atoms with E-state index in [1.807, 2.05) is 20.8 Å². The Kier molecular flexibility index (Phi) is 7.17. The molecule has 1 aromatic heterocycles. The van der Waals surface area contributed by atoms with Gasteiger partial charge in [-0.1, -0.05) is 0 Å². The van der Waals surface area contributed by atoms with Crippen molar-refractivity contribution in [3.8, 4) is 5.75 Å². The molecule has 3 rings (SSSR count). The summed E-state index contributed by atoms with van der Waals surface area (Å²) in [5, 5.41) is 0. The number of carbonyl (C=O) groups excluding carboxylic acids is 1. The third-order valence-electron chi connectivity index (χ3n) is 4.77. The van der Waals surface area contributed by atoms with Crippen molar-refractivity contribution in [2.75, 3.05) is 26.2 Å². The van der Waals surface area contributed by atoms with Crippen molar-refractivity contribution in [1.82, 2.24) is 9.21 Å². The van der Waals surface area contributed by atoms with Crippen LogP contribution in [0.2, 0.25) is 0 Å². The number of sulfonamides is 1. The van der Waals surface area contributed by atoms with E-state index in [-0.39, 0.29) is 36.1 Å². The minimum Gasteiger partial charge on any atom is -0.494 e. The van der Waals surface area contributed by atoms with Crippen LogP contribution in [0, 0.1) is 0 Å². The first-order chi connectivity index (χ1) is 14.3. The molecule has 1 aromatic carbocycles. The molecule has 0 N–H and O–H groups in total. The van der Waals surface area contributed by atoms with Crippen molar-refractivity contribution in [2.45, 2.75) is 44.4 Å². The van der Waals surface area contributed by atoms with Gasteiger partial charge in [-0.3, -0.25) is 4.79 Å². The Morgan fingerprint density at radius 1 is 1.17 bits per heavy atom. The van der Waals surface area contributed by atoms with Crippen LogP contribution in [0.1, 0.15) is 26.5 Å². The average Bonchev–Trinajstić information content (AvgIpc) is 3.20. The molecule has 2 unspecified atom stereocenters. The van der Waals surface area contributed by atoms with Crippen LogP contribution >= 0.6 is 0 Å². The second-order valence-electron chi connectivity index (χ2n) is 7.31. The summed E-state index contributed by atoms with van der Waals surface area (Å²) in [5.41, 5.74) is 0. The molecule has 1 amide bonds. The number of hydrogen-bond donors (Lipinski definition) is 0. The zero-order valence-corrected chi connectivity index (χ0v) is 18.3. The summed E-state index contributed by atoms with van der Waals surface area (Å²) >= 11 is 0.